The fourth-order valence-electron chi connectivity index (χ4n) is 1.83. The van der Waals surface area contributed by atoms with Crippen LogP contribution >= 0.6 is 11.6 Å². The minimum atomic E-state index is -0.645. The van der Waals surface area contributed by atoms with Crippen LogP contribution in [-0.4, -0.2) is 18.6 Å². The van der Waals surface area contributed by atoms with Gasteiger partial charge in [0, 0.05) is 16.8 Å². The van der Waals surface area contributed by atoms with E-state index in [1.807, 2.05) is 6.07 Å². The topological polar surface area (TPSA) is 47.6 Å². The van der Waals surface area contributed by atoms with Gasteiger partial charge in [0.15, 0.2) is 6.10 Å². The summed E-state index contributed by atoms with van der Waals surface area (Å²) >= 11 is 5.82. The van der Waals surface area contributed by atoms with E-state index in [0.717, 1.165) is 0 Å². The lowest BCUT2D eigenvalue weighted by Gasteiger charge is -2.15. The first-order chi connectivity index (χ1) is 11.1. The zero-order chi connectivity index (χ0) is 16.7. The SMILES string of the molecule is C=CCOc1cccc(NC(=O)C(C)Oc2ccc(Cl)cc2)c1. The Balaban J connectivity index is 1.95. The molecule has 1 N–H and O–H groups in total. The molecule has 0 saturated carbocycles. The maximum absolute atomic E-state index is 12.2. The van der Waals surface area contributed by atoms with Crippen LogP contribution in [0.15, 0.2) is 61.2 Å². The molecule has 1 unspecified atom stereocenters. The summed E-state index contributed by atoms with van der Waals surface area (Å²) < 4.78 is 11.0. The van der Waals surface area contributed by atoms with Gasteiger partial charge in [-0.25, -0.2) is 0 Å². The number of benzene rings is 2. The molecule has 0 aliphatic rings. The van der Waals surface area contributed by atoms with Crippen LogP contribution < -0.4 is 14.8 Å². The van der Waals surface area contributed by atoms with E-state index in [4.69, 9.17) is 21.1 Å². The van der Waals surface area contributed by atoms with Gasteiger partial charge < -0.3 is 14.8 Å². The van der Waals surface area contributed by atoms with E-state index in [1.165, 1.54) is 0 Å². The van der Waals surface area contributed by atoms with Crippen molar-refractivity contribution in [2.24, 2.45) is 0 Å². The molecule has 0 heterocycles. The lowest BCUT2D eigenvalue weighted by atomic mass is 10.2. The average Bonchev–Trinajstić information content (AvgIpc) is 2.55. The van der Waals surface area contributed by atoms with E-state index >= 15 is 0 Å². The van der Waals surface area contributed by atoms with Gasteiger partial charge in [-0.15, -0.1) is 0 Å². The fraction of sp³-hybridized carbons (Fsp3) is 0.167. The Kier molecular flexibility index (Phi) is 6.06. The normalized spacial score (nSPS) is 11.4. The van der Waals surface area contributed by atoms with Crippen molar-refractivity contribution >= 4 is 23.2 Å². The van der Waals surface area contributed by atoms with Crippen molar-refractivity contribution in [1.29, 1.82) is 0 Å². The number of carbonyl (C=O) groups is 1. The van der Waals surface area contributed by atoms with Crippen LogP contribution in [0.4, 0.5) is 5.69 Å². The van der Waals surface area contributed by atoms with Gasteiger partial charge in [0.25, 0.3) is 5.91 Å². The van der Waals surface area contributed by atoms with E-state index in [2.05, 4.69) is 11.9 Å². The van der Waals surface area contributed by atoms with Gasteiger partial charge in [0.1, 0.15) is 18.1 Å². The van der Waals surface area contributed by atoms with Gasteiger partial charge >= 0.3 is 0 Å². The van der Waals surface area contributed by atoms with Crippen molar-refractivity contribution in [3.05, 3.63) is 66.2 Å². The largest absolute Gasteiger partial charge is 0.489 e. The molecule has 2 rings (SSSR count). The highest BCUT2D eigenvalue weighted by atomic mass is 35.5. The van der Waals surface area contributed by atoms with Crippen molar-refractivity contribution < 1.29 is 14.3 Å². The molecule has 0 bridgehead atoms. The third kappa shape index (κ3) is 5.34. The highest BCUT2D eigenvalue weighted by molar-refractivity contribution is 6.30. The van der Waals surface area contributed by atoms with Crippen molar-refractivity contribution in [2.45, 2.75) is 13.0 Å². The van der Waals surface area contributed by atoms with Crippen LogP contribution in [-0.2, 0) is 4.79 Å². The monoisotopic (exact) mass is 331 g/mol. The molecule has 1 atom stereocenters. The highest BCUT2D eigenvalue weighted by Crippen LogP contribution is 2.19. The first-order valence-electron chi connectivity index (χ1n) is 7.15. The standard InChI is InChI=1S/C18H18ClNO3/c1-3-11-22-17-6-4-5-15(12-17)20-18(21)13(2)23-16-9-7-14(19)8-10-16/h3-10,12-13H,1,11H2,2H3,(H,20,21). The maximum atomic E-state index is 12.2. The second-order valence-corrected chi connectivity index (χ2v) is 5.27. The molecule has 0 aromatic heterocycles. The van der Waals surface area contributed by atoms with Crippen LogP contribution in [0.25, 0.3) is 0 Å². The summed E-state index contributed by atoms with van der Waals surface area (Å²) in [5, 5.41) is 3.41. The van der Waals surface area contributed by atoms with Crippen LogP contribution in [0.3, 0.4) is 0 Å². The number of ether oxygens (including phenoxy) is 2. The highest BCUT2D eigenvalue weighted by Gasteiger charge is 2.15. The molecule has 2 aromatic carbocycles. The molecule has 2 aromatic rings. The van der Waals surface area contributed by atoms with Gasteiger partial charge in [0.05, 0.1) is 0 Å². The van der Waals surface area contributed by atoms with Crippen LogP contribution in [0.5, 0.6) is 11.5 Å². The zero-order valence-electron chi connectivity index (χ0n) is 12.8. The minimum Gasteiger partial charge on any atom is -0.489 e. The van der Waals surface area contributed by atoms with Gasteiger partial charge in [-0.1, -0.05) is 30.3 Å². The van der Waals surface area contributed by atoms with Crippen molar-refractivity contribution in [2.75, 3.05) is 11.9 Å². The minimum absolute atomic E-state index is 0.249. The molecule has 0 spiro atoms. The van der Waals surface area contributed by atoms with Crippen LogP contribution in [0.1, 0.15) is 6.92 Å². The van der Waals surface area contributed by atoms with Crippen molar-refractivity contribution in [3.8, 4) is 11.5 Å². The Morgan fingerprint density at radius 2 is 2.00 bits per heavy atom. The number of hydrogen-bond acceptors (Lipinski definition) is 3. The Bertz CT molecular complexity index is 670. The number of hydrogen-bond donors (Lipinski definition) is 1. The summed E-state index contributed by atoms with van der Waals surface area (Å²) in [5.41, 5.74) is 0.642. The summed E-state index contributed by atoms with van der Waals surface area (Å²) in [6.07, 6.45) is 1.02. The molecule has 23 heavy (non-hydrogen) atoms. The number of rotatable bonds is 7. The summed E-state index contributed by atoms with van der Waals surface area (Å²) in [4.78, 5) is 12.2. The van der Waals surface area contributed by atoms with Gasteiger partial charge in [-0.3, -0.25) is 4.79 Å². The molecule has 0 fully saturated rings. The zero-order valence-corrected chi connectivity index (χ0v) is 13.5. The summed E-state index contributed by atoms with van der Waals surface area (Å²) in [5.74, 6) is 0.995. The summed E-state index contributed by atoms with van der Waals surface area (Å²) in [6, 6.07) is 14.0. The molecular formula is C18H18ClNO3. The number of carbonyl (C=O) groups excluding carboxylic acids is 1. The average molecular weight is 332 g/mol. The predicted octanol–water partition coefficient (Wildman–Crippen LogP) is 4.31. The van der Waals surface area contributed by atoms with E-state index in [9.17, 15) is 4.79 Å². The van der Waals surface area contributed by atoms with Crippen LogP contribution in [0.2, 0.25) is 5.02 Å². The van der Waals surface area contributed by atoms with Gasteiger partial charge in [-0.05, 0) is 43.3 Å². The Morgan fingerprint density at radius 3 is 2.70 bits per heavy atom. The quantitative estimate of drug-likeness (QED) is 0.769. The summed E-state index contributed by atoms with van der Waals surface area (Å²) in [7, 11) is 0. The van der Waals surface area contributed by atoms with Crippen molar-refractivity contribution in [3.63, 3.8) is 0 Å². The van der Waals surface area contributed by atoms with E-state index in [0.29, 0.717) is 28.8 Å². The lowest BCUT2D eigenvalue weighted by Crippen LogP contribution is -2.30. The molecule has 0 aliphatic carbocycles. The molecule has 4 nitrogen and oxygen atoms in total. The summed E-state index contributed by atoms with van der Waals surface area (Å²) in [6.45, 7) is 5.69. The molecule has 0 radical (unpaired) electrons. The smallest absolute Gasteiger partial charge is 0.265 e. The lowest BCUT2D eigenvalue weighted by molar-refractivity contribution is -0.122. The van der Waals surface area contributed by atoms with Crippen molar-refractivity contribution in [1.82, 2.24) is 0 Å². The Morgan fingerprint density at radius 1 is 1.26 bits per heavy atom. The molecular weight excluding hydrogens is 314 g/mol. The molecule has 120 valence electrons. The Labute approximate surface area is 140 Å². The maximum Gasteiger partial charge on any atom is 0.265 e. The van der Waals surface area contributed by atoms with Gasteiger partial charge in [0.2, 0.25) is 0 Å². The number of nitrogens with one attached hydrogen (secondary N) is 1. The Hall–Kier alpha value is -2.46. The van der Waals surface area contributed by atoms with Crippen LogP contribution in [0, 0.1) is 0 Å². The first kappa shape index (κ1) is 16.9. The number of amides is 1. The van der Waals surface area contributed by atoms with E-state index in [1.54, 1.807) is 55.5 Å². The molecule has 0 saturated heterocycles. The van der Waals surface area contributed by atoms with E-state index in [-0.39, 0.29) is 5.91 Å². The third-order valence-electron chi connectivity index (χ3n) is 2.97. The van der Waals surface area contributed by atoms with Gasteiger partial charge in [-0.2, -0.15) is 0 Å². The third-order valence-corrected chi connectivity index (χ3v) is 3.22. The molecule has 1 amide bonds. The number of halogens is 1. The molecule has 5 heteroatoms. The predicted molar refractivity (Wildman–Crippen MR) is 92.3 cm³/mol. The molecule has 0 aliphatic heterocycles. The second kappa shape index (κ2) is 8.25. The second-order valence-electron chi connectivity index (χ2n) is 4.83. The fourth-order valence-corrected chi connectivity index (χ4v) is 1.96. The first-order valence-corrected chi connectivity index (χ1v) is 7.53. The number of anilines is 1. The van der Waals surface area contributed by atoms with E-state index < -0.39 is 6.10 Å².